The number of rotatable bonds is 8. The minimum atomic E-state index is -4.43. The summed E-state index contributed by atoms with van der Waals surface area (Å²) in [5.74, 6) is 0. The third-order valence-corrected chi connectivity index (χ3v) is 5.35. The second kappa shape index (κ2) is 7.28. The Bertz CT molecular complexity index is 552. The van der Waals surface area contributed by atoms with Crippen LogP contribution in [0.2, 0.25) is 0 Å². The van der Waals surface area contributed by atoms with Crippen molar-refractivity contribution in [3.05, 3.63) is 30.3 Å². The first-order chi connectivity index (χ1) is 9.35. The number of halogens is 1. The van der Waals surface area contributed by atoms with E-state index >= 15 is 0 Å². The summed E-state index contributed by atoms with van der Waals surface area (Å²) in [6.45, 7) is 2.84. The highest BCUT2D eigenvalue weighted by Crippen LogP contribution is 2.51. The average molecular weight is 326 g/mol. The number of sulfone groups is 1. The molecule has 1 rings (SSSR count). The van der Waals surface area contributed by atoms with Gasteiger partial charge in [-0.25, -0.2) is 17.5 Å². The molecule has 0 aliphatic carbocycles. The standard InChI is InChI=1S/C11H16FO6PS/c1-3-16-19(13,17-4-2)18-11(12)20(14,15)10-8-6-5-7-9-10/h5-9,11H,3-4H2,1-2H3. The Morgan fingerprint density at radius 2 is 1.65 bits per heavy atom. The summed E-state index contributed by atoms with van der Waals surface area (Å²) >= 11 is 0. The highest BCUT2D eigenvalue weighted by Gasteiger charge is 2.38. The van der Waals surface area contributed by atoms with Gasteiger partial charge >= 0.3 is 13.5 Å². The summed E-state index contributed by atoms with van der Waals surface area (Å²) in [5, 5.41) is 0. The molecule has 1 unspecified atom stereocenters. The van der Waals surface area contributed by atoms with Gasteiger partial charge in [-0.15, -0.1) is 0 Å². The molecule has 0 aromatic heterocycles. The number of benzene rings is 1. The van der Waals surface area contributed by atoms with Crippen molar-refractivity contribution >= 4 is 17.7 Å². The van der Waals surface area contributed by atoms with E-state index in [-0.39, 0.29) is 18.1 Å². The molecule has 6 nitrogen and oxygen atoms in total. The largest absolute Gasteiger partial charge is 0.478 e. The van der Waals surface area contributed by atoms with Crippen LogP contribution in [0.3, 0.4) is 0 Å². The van der Waals surface area contributed by atoms with Crippen molar-refractivity contribution in [2.75, 3.05) is 13.2 Å². The van der Waals surface area contributed by atoms with Crippen LogP contribution in [-0.4, -0.2) is 27.3 Å². The zero-order valence-corrected chi connectivity index (χ0v) is 12.8. The van der Waals surface area contributed by atoms with Gasteiger partial charge in [0.25, 0.3) is 0 Å². The Morgan fingerprint density at radius 1 is 1.15 bits per heavy atom. The summed E-state index contributed by atoms with van der Waals surface area (Å²) in [7, 11) is -8.68. The van der Waals surface area contributed by atoms with Crippen molar-refractivity contribution in [1.82, 2.24) is 0 Å². The van der Waals surface area contributed by atoms with E-state index in [9.17, 15) is 17.4 Å². The van der Waals surface area contributed by atoms with Gasteiger partial charge in [0.05, 0.1) is 18.1 Å². The second-order valence-corrected chi connectivity index (χ2v) is 7.07. The number of alkyl halides is 1. The van der Waals surface area contributed by atoms with E-state index < -0.39 is 23.3 Å². The Kier molecular flexibility index (Phi) is 6.29. The fourth-order valence-corrected chi connectivity index (χ4v) is 3.84. The molecule has 0 heterocycles. The molecule has 9 heteroatoms. The lowest BCUT2D eigenvalue weighted by Gasteiger charge is -2.18. The van der Waals surface area contributed by atoms with Crippen LogP contribution in [0.25, 0.3) is 0 Å². The Hall–Kier alpha value is -0.790. The van der Waals surface area contributed by atoms with E-state index in [1.54, 1.807) is 6.07 Å². The van der Waals surface area contributed by atoms with Crippen molar-refractivity contribution in [2.24, 2.45) is 0 Å². The Morgan fingerprint density at radius 3 is 2.10 bits per heavy atom. The SMILES string of the molecule is CCOP(=O)(OCC)OC(F)S(=O)(=O)c1ccccc1. The predicted molar refractivity (Wildman–Crippen MR) is 70.5 cm³/mol. The first-order valence-electron chi connectivity index (χ1n) is 5.86. The molecular formula is C11H16FO6PS. The third-order valence-electron chi connectivity index (χ3n) is 2.10. The number of hydrogen-bond acceptors (Lipinski definition) is 6. The molecule has 114 valence electrons. The molecule has 1 aromatic carbocycles. The third kappa shape index (κ3) is 4.36. The molecule has 1 atom stereocenters. The summed E-state index contributed by atoms with van der Waals surface area (Å²) in [5.41, 5.74) is -2.84. The van der Waals surface area contributed by atoms with Crippen molar-refractivity contribution in [3.8, 4) is 0 Å². The van der Waals surface area contributed by atoms with Crippen LogP contribution >= 0.6 is 7.82 Å². The van der Waals surface area contributed by atoms with E-state index in [1.807, 2.05) is 0 Å². The molecule has 0 N–H and O–H groups in total. The van der Waals surface area contributed by atoms with Crippen LogP contribution in [0.5, 0.6) is 0 Å². The smallest absolute Gasteiger partial charge is 0.287 e. The maximum absolute atomic E-state index is 13.9. The first kappa shape index (κ1) is 17.3. The van der Waals surface area contributed by atoms with Gasteiger partial charge in [0.1, 0.15) is 0 Å². The molecule has 0 bridgehead atoms. The topological polar surface area (TPSA) is 78.9 Å². The fraction of sp³-hybridized carbons (Fsp3) is 0.455. The van der Waals surface area contributed by atoms with Gasteiger partial charge in [0.2, 0.25) is 9.84 Å². The van der Waals surface area contributed by atoms with Crippen molar-refractivity contribution in [3.63, 3.8) is 0 Å². The summed E-state index contributed by atoms with van der Waals surface area (Å²) in [6.07, 6.45) is 0. The average Bonchev–Trinajstić information content (AvgIpc) is 2.40. The highest BCUT2D eigenvalue weighted by atomic mass is 32.2. The summed E-state index contributed by atoms with van der Waals surface area (Å²) in [4.78, 5) is -0.285. The number of phosphoric acid groups is 1. The van der Waals surface area contributed by atoms with E-state index in [2.05, 4.69) is 13.6 Å². The van der Waals surface area contributed by atoms with Crippen LogP contribution < -0.4 is 0 Å². The summed E-state index contributed by atoms with van der Waals surface area (Å²) < 4.78 is 63.3. The molecule has 0 aliphatic heterocycles. The van der Waals surface area contributed by atoms with Crippen LogP contribution in [0, 0.1) is 0 Å². The van der Waals surface area contributed by atoms with Gasteiger partial charge in [-0.05, 0) is 26.0 Å². The van der Waals surface area contributed by atoms with Gasteiger partial charge in [-0.2, -0.15) is 4.39 Å². The van der Waals surface area contributed by atoms with E-state index in [0.717, 1.165) is 0 Å². The molecule has 20 heavy (non-hydrogen) atoms. The fourth-order valence-electron chi connectivity index (χ4n) is 1.29. The van der Waals surface area contributed by atoms with Crippen molar-refractivity contribution in [1.29, 1.82) is 0 Å². The van der Waals surface area contributed by atoms with Gasteiger partial charge in [-0.3, -0.25) is 9.05 Å². The maximum Gasteiger partial charge on any atom is 0.478 e. The van der Waals surface area contributed by atoms with Gasteiger partial charge in [-0.1, -0.05) is 18.2 Å². The molecule has 0 radical (unpaired) electrons. The Labute approximate surface area is 117 Å². The predicted octanol–water partition coefficient (Wildman–Crippen LogP) is 2.91. The van der Waals surface area contributed by atoms with Crippen LogP contribution in [0.1, 0.15) is 13.8 Å². The molecule has 0 aliphatic rings. The first-order valence-corrected chi connectivity index (χ1v) is 8.87. The monoisotopic (exact) mass is 326 g/mol. The molecule has 0 amide bonds. The van der Waals surface area contributed by atoms with E-state index in [1.165, 1.54) is 38.1 Å². The zero-order chi connectivity index (χ0) is 15.2. The zero-order valence-electron chi connectivity index (χ0n) is 11.1. The molecule has 0 saturated heterocycles. The van der Waals surface area contributed by atoms with Gasteiger partial charge < -0.3 is 0 Å². The Balaban J connectivity index is 2.94. The molecule has 0 saturated carbocycles. The quantitative estimate of drug-likeness (QED) is 0.684. The molecule has 1 aromatic rings. The molecule has 0 spiro atoms. The minimum absolute atomic E-state index is 0.0740. The lowest BCUT2D eigenvalue weighted by atomic mass is 10.4. The van der Waals surface area contributed by atoms with E-state index in [4.69, 9.17) is 0 Å². The molecular weight excluding hydrogens is 310 g/mol. The van der Waals surface area contributed by atoms with Gasteiger partial charge in [0, 0.05) is 0 Å². The van der Waals surface area contributed by atoms with Gasteiger partial charge in [0.15, 0.2) is 0 Å². The number of hydrogen-bond donors (Lipinski definition) is 0. The van der Waals surface area contributed by atoms with Crippen molar-refractivity contribution < 1.29 is 30.9 Å². The normalized spacial score (nSPS) is 14.2. The maximum atomic E-state index is 13.9. The lowest BCUT2D eigenvalue weighted by molar-refractivity contribution is 0.0605. The second-order valence-electron chi connectivity index (χ2n) is 3.52. The van der Waals surface area contributed by atoms with Crippen LogP contribution in [-0.2, 0) is 28.0 Å². The van der Waals surface area contributed by atoms with Crippen LogP contribution in [0.15, 0.2) is 35.2 Å². The highest BCUT2D eigenvalue weighted by molar-refractivity contribution is 7.92. The molecule has 0 fully saturated rings. The van der Waals surface area contributed by atoms with Crippen LogP contribution in [0.4, 0.5) is 4.39 Å². The van der Waals surface area contributed by atoms with E-state index in [0.29, 0.717) is 0 Å². The van der Waals surface area contributed by atoms with Crippen molar-refractivity contribution in [2.45, 2.75) is 24.4 Å². The minimum Gasteiger partial charge on any atom is -0.287 e. The lowest BCUT2D eigenvalue weighted by Crippen LogP contribution is -2.20. The summed E-state index contributed by atoms with van der Waals surface area (Å²) in [6, 6.07) is 6.86. The number of phosphoric ester groups is 1.